The van der Waals surface area contributed by atoms with Crippen molar-refractivity contribution >= 4 is 5.69 Å². The van der Waals surface area contributed by atoms with Gasteiger partial charge in [-0.2, -0.15) is 0 Å². The van der Waals surface area contributed by atoms with E-state index in [4.69, 9.17) is 9.40 Å². The van der Waals surface area contributed by atoms with Gasteiger partial charge in [0.15, 0.2) is 5.76 Å². The molecule has 0 atom stereocenters. The molecule has 0 aliphatic rings. The summed E-state index contributed by atoms with van der Waals surface area (Å²) in [7, 11) is 4.10. The molecule has 4 aromatic rings. The summed E-state index contributed by atoms with van der Waals surface area (Å²) in [4.78, 5) is 6.96. The van der Waals surface area contributed by atoms with Crippen molar-refractivity contribution in [3.05, 3.63) is 84.6 Å². The number of rotatable bonds is 4. The number of aromatic nitrogens is 1. The summed E-state index contributed by atoms with van der Waals surface area (Å²) in [5.74, 6) is 1.67. The van der Waals surface area contributed by atoms with Gasteiger partial charge in [-0.3, -0.25) is 0 Å². The van der Waals surface area contributed by atoms with Crippen LogP contribution in [0.2, 0.25) is 0 Å². The minimum Gasteiger partial charge on any atom is -0.460 e. The third kappa shape index (κ3) is 3.63. The van der Waals surface area contributed by atoms with Gasteiger partial charge in [-0.25, -0.2) is 4.98 Å². The monoisotopic (exact) mass is 354 g/mol. The highest BCUT2D eigenvalue weighted by Gasteiger charge is 2.11. The Bertz CT molecular complexity index is 1050. The van der Waals surface area contributed by atoms with E-state index in [1.54, 1.807) is 0 Å². The summed E-state index contributed by atoms with van der Waals surface area (Å²) in [6.45, 7) is 1.95. The Kier molecular flexibility index (Phi) is 4.51. The lowest BCUT2D eigenvalue weighted by Crippen LogP contribution is -2.07. The molecule has 0 radical (unpaired) electrons. The summed E-state index contributed by atoms with van der Waals surface area (Å²) in [5, 5.41) is 0. The van der Waals surface area contributed by atoms with Gasteiger partial charge in [0, 0.05) is 25.3 Å². The van der Waals surface area contributed by atoms with E-state index in [9.17, 15) is 0 Å². The van der Waals surface area contributed by atoms with Crippen LogP contribution in [0.25, 0.3) is 33.8 Å². The van der Waals surface area contributed by atoms with Gasteiger partial charge in [0.2, 0.25) is 0 Å². The molecule has 0 saturated heterocycles. The van der Waals surface area contributed by atoms with Gasteiger partial charge >= 0.3 is 0 Å². The highest BCUT2D eigenvalue weighted by molar-refractivity contribution is 5.76. The number of nitrogens with zero attached hydrogens (tertiary/aromatic N) is 2. The largest absolute Gasteiger partial charge is 0.460 e. The Hall–Kier alpha value is -3.33. The molecule has 0 aliphatic carbocycles. The smallest absolute Gasteiger partial charge is 0.152 e. The number of hydrogen-bond acceptors (Lipinski definition) is 3. The molecule has 4 rings (SSSR count). The molecule has 0 saturated carbocycles. The zero-order chi connectivity index (χ0) is 18.8. The van der Waals surface area contributed by atoms with Crippen molar-refractivity contribution in [2.24, 2.45) is 0 Å². The van der Waals surface area contributed by atoms with Crippen LogP contribution in [0.3, 0.4) is 0 Å². The van der Waals surface area contributed by atoms with Crippen LogP contribution in [0.5, 0.6) is 0 Å². The molecule has 0 aliphatic heterocycles. The van der Waals surface area contributed by atoms with Gasteiger partial charge in [0.25, 0.3) is 0 Å². The topological polar surface area (TPSA) is 29.3 Å². The lowest BCUT2D eigenvalue weighted by molar-refractivity contribution is 0.546. The van der Waals surface area contributed by atoms with E-state index in [-0.39, 0.29) is 0 Å². The van der Waals surface area contributed by atoms with Gasteiger partial charge in [0.1, 0.15) is 11.5 Å². The van der Waals surface area contributed by atoms with E-state index in [1.165, 1.54) is 5.69 Å². The Morgan fingerprint density at radius 1 is 0.704 bits per heavy atom. The van der Waals surface area contributed by atoms with Crippen LogP contribution in [-0.4, -0.2) is 19.1 Å². The second kappa shape index (κ2) is 7.12. The maximum absolute atomic E-state index is 5.83. The molecule has 3 nitrogen and oxygen atoms in total. The van der Waals surface area contributed by atoms with E-state index in [2.05, 4.69) is 53.4 Å². The summed E-state index contributed by atoms with van der Waals surface area (Å²) in [6.07, 6.45) is 0. The molecule has 0 fully saturated rings. The van der Waals surface area contributed by atoms with Crippen molar-refractivity contribution in [2.45, 2.75) is 6.92 Å². The van der Waals surface area contributed by atoms with Crippen LogP contribution in [0.4, 0.5) is 5.69 Å². The molecule has 2 aromatic carbocycles. The van der Waals surface area contributed by atoms with Gasteiger partial charge < -0.3 is 9.32 Å². The number of anilines is 1. The van der Waals surface area contributed by atoms with Gasteiger partial charge in [-0.15, -0.1) is 0 Å². The third-order valence-electron chi connectivity index (χ3n) is 4.60. The Balaban J connectivity index is 1.85. The first kappa shape index (κ1) is 17.1. The fourth-order valence-corrected chi connectivity index (χ4v) is 3.10. The minimum atomic E-state index is 0.788. The SMILES string of the molecule is Cc1ccc(-c2cc(-c3ccc(N(C)C)cc3)cc(-c3ccccc3)n2)o1. The highest BCUT2D eigenvalue weighted by atomic mass is 16.3. The van der Waals surface area contributed by atoms with E-state index in [1.807, 2.05) is 51.4 Å². The van der Waals surface area contributed by atoms with Gasteiger partial charge in [-0.1, -0.05) is 42.5 Å². The van der Waals surface area contributed by atoms with Crippen LogP contribution in [0.1, 0.15) is 5.76 Å². The fourth-order valence-electron chi connectivity index (χ4n) is 3.10. The van der Waals surface area contributed by atoms with Crippen LogP contribution >= 0.6 is 0 Å². The fraction of sp³-hybridized carbons (Fsp3) is 0.125. The number of hydrogen-bond donors (Lipinski definition) is 0. The molecular formula is C24H22N2O. The van der Waals surface area contributed by atoms with Crippen molar-refractivity contribution < 1.29 is 4.42 Å². The lowest BCUT2D eigenvalue weighted by Gasteiger charge is -2.13. The molecule has 0 N–H and O–H groups in total. The molecule has 134 valence electrons. The molecule has 2 heterocycles. The quantitative estimate of drug-likeness (QED) is 0.447. The first-order valence-corrected chi connectivity index (χ1v) is 9.02. The minimum absolute atomic E-state index is 0.788. The van der Waals surface area contributed by atoms with Crippen LogP contribution in [-0.2, 0) is 0 Å². The summed E-state index contributed by atoms with van der Waals surface area (Å²) < 4.78 is 5.83. The average Bonchev–Trinajstić information content (AvgIpc) is 3.15. The van der Waals surface area contributed by atoms with Crippen molar-refractivity contribution in [2.75, 3.05) is 19.0 Å². The van der Waals surface area contributed by atoms with E-state index in [0.717, 1.165) is 39.6 Å². The van der Waals surface area contributed by atoms with Crippen LogP contribution in [0.15, 0.2) is 83.3 Å². The van der Waals surface area contributed by atoms with Crippen molar-refractivity contribution in [1.29, 1.82) is 0 Å². The van der Waals surface area contributed by atoms with Gasteiger partial charge in [-0.05, 0) is 54.4 Å². The summed E-state index contributed by atoms with van der Waals surface area (Å²) in [5.41, 5.74) is 6.33. The molecule has 0 spiro atoms. The number of pyridine rings is 1. The van der Waals surface area contributed by atoms with Crippen LogP contribution in [0, 0.1) is 6.92 Å². The number of aryl methyl sites for hydroxylation is 1. The third-order valence-corrected chi connectivity index (χ3v) is 4.60. The number of furan rings is 1. The van der Waals surface area contributed by atoms with Crippen molar-refractivity contribution in [3.63, 3.8) is 0 Å². The maximum atomic E-state index is 5.83. The van der Waals surface area contributed by atoms with Crippen LogP contribution < -0.4 is 4.90 Å². The molecule has 3 heteroatoms. The predicted molar refractivity (Wildman–Crippen MR) is 112 cm³/mol. The first-order valence-electron chi connectivity index (χ1n) is 9.02. The second-order valence-electron chi connectivity index (χ2n) is 6.84. The number of benzene rings is 2. The predicted octanol–water partition coefficient (Wildman–Crippen LogP) is 6.05. The normalized spacial score (nSPS) is 10.8. The van der Waals surface area contributed by atoms with E-state index >= 15 is 0 Å². The standard InChI is InChI=1S/C24H22N2O/c1-17-9-14-24(27-17)23-16-20(18-10-12-21(13-11-18)26(2)3)15-22(25-23)19-7-5-4-6-8-19/h4-16H,1-3H3. The molecule has 0 bridgehead atoms. The Morgan fingerprint density at radius 3 is 2.04 bits per heavy atom. The molecule has 0 amide bonds. The first-order chi connectivity index (χ1) is 13.1. The Morgan fingerprint density at radius 2 is 1.41 bits per heavy atom. The summed E-state index contributed by atoms with van der Waals surface area (Å²) in [6, 6.07) is 27.0. The molecule has 2 aromatic heterocycles. The molecule has 0 unspecified atom stereocenters. The second-order valence-corrected chi connectivity index (χ2v) is 6.84. The molecular weight excluding hydrogens is 332 g/mol. The zero-order valence-corrected chi connectivity index (χ0v) is 15.8. The maximum Gasteiger partial charge on any atom is 0.152 e. The van der Waals surface area contributed by atoms with Crippen molar-refractivity contribution in [3.8, 4) is 33.8 Å². The van der Waals surface area contributed by atoms with Crippen molar-refractivity contribution in [1.82, 2.24) is 4.98 Å². The van der Waals surface area contributed by atoms with E-state index < -0.39 is 0 Å². The van der Waals surface area contributed by atoms with E-state index in [0.29, 0.717) is 0 Å². The zero-order valence-electron chi connectivity index (χ0n) is 15.8. The Labute approximate surface area is 159 Å². The van der Waals surface area contributed by atoms with Gasteiger partial charge in [0.05, 0.1) is 5.69 Å². The lowest BCUT2D eigenvalue weighted by atomic mass is 10.0. The molecule has 27 heavy (non-hydrogen) atoms. The highest BCUT2D eigenvalue weighted by Crippen LogP contribution is 2.31. The summed E-state index contributed by atoms with van der Waals surface area (Å²) >= 11 is 0. The average molecular weight is 354 g/mol.